The average Bonchev–Trinajstić information content (AvgIpc) is 2.73. The van der Waals surface area contributed by atoms with Gasteiger partial charge in [0.05, 0.1) is 6.26 Å². The normalized spacial score (nSPS) is 13.1. The minimum Gasteiger partial charge on any atom is -0.480 e. The highest BCUT2D eigenvalue weighted by Crippen LogP contribution is 2.19. The van der Waals surface area contributed by atoms with Crippen molar-refractivity contribution in [2.24, 2.45) is 5.41 Å². The Morgan fingerprint density at radius 2 is 2.11 bits per heavy atom. The predicted molar refractivity (Wildman–Crippen MR) is 66.1 cm³/mol. The SMILES string of the molecule is CC(C)(C)C(NC(=O)CCc1ccco1)C(=O)O. The summed E-state index contributed by atoms with van der Waals surface area (Å²) in [5.41, 5.74) is -0.522. The molecule has 0 aliphatic rings. The third-order valence-corrected chi connectivity index (χ3v) is 2.60. The maximum atomic E-state index is 11.7. The lowest BCUT2D eigenvalue weighted by molar-refractivity contribution is -0.144. The second-order valence-electron chi connectivity index (χ2n) is 5.28. The molecular weight excluding hydrogens is 234 g/mol. The van der Waals surface area contributed by atoms with Crippen LogP contribution in [0.4, 0.5) is 0 Å². The molecule has 1 amide bonds. The van der Waals surface area contributed by atoms with Gasteiger partial charge in [0.25, 0.3) is 0 Å². The fourth-order valence-electron chi connectivity index (χ4n) is 1.57. The van der Waals surface area contributed by atoms with Gasteiger partial charge in [-0.2, -0.15) is 0 Å². The average molecular weight is 253 g/mol. The summed E-state index contributed by atoms with van der Waals surface area (Å²) >= 11 is 0. The molecule has 1 heterocycles. The van der Waals surface area contributed by atoms with Crippen molar-refractivity contribution in [1.29, 1.82) is 0 Å². The number of aryl methyl sites for hydroxylation is 1. The van der Waals surface area contributed by atoms with Crippen molar-refractivity contribution in [2.45, 2.75) is 39.7 Å². The summed E-state index contributed by atoms with van der Waals surface area (Å²) in [6.45, 7) is 5.33. The minimum atomic E-state index is -1.02. The van der Waals surface area contributed by atoms with Gasteiger partial charge in [-0.1, -0.05) is 20.8 Å². The number of carbonyl (C=O) groups excluding carboxylic acids is 1. The number of furan rings is 1. The Hall–Kier alpha value is -1.78. The van der Waals surface area contributed by atoms with Gasteiger partial charge in [-0.3, -0.25) is 4.79 Å². The number of hydrogen-bond donors (Lipinski definition) is 2. The van der Waals surface area contributed by atoms with Gasteiger partial charge in [0.2, 0.25) is 5.91 Å². The summed E-state index contributed by atoms with van der Waals surface area (Å²) in [6.07, 6.45) is 2.23. The number of carboxylic acid groups (broad SMARTS) is 1. The molecule has 5 heteroatoms. The maximum Gasteiger partial charge on any atom is 0.326 e. The van der Waals surface area contributed by atoms with Crippen molar-refractivity contribution >= 4 is 11.9 Å². The van der Waals surface area contributed by atoms with Crippen molar-refractivity contribution in [3.05, 3.63) is 24.2 Å². The largest absolute Gasteiger partial charge is 0.480 e. The van der Waals surface area contributed by atoms with E-state index in [2.05, 4.69) is 5.32 Å². The zero-order valence-electron chi connectivity index (χ0n) is 10.9. The van der Waals surface area contributed by atoms with Crippen LogP contribution in [0.2, 0.25) is 0 Å². The van der Waals surface area contributed by atoms with Gasteiger partial charge in [0.1, 0.15) is 11.8 Å². The quantitative estimate of drug-likeness (QED) is 0.839. The standard InChI is InChI=1S/C13H19NO4/c1-13(2,3)11(12(16)17)14-10(15)7-6-9-5-4-8-18-9/h4-5,8,11H,6-7H2,1-3H3,(H,14,15)(H,16,17). The summed E-state index contributed by atoms with van der Waals surface area (Å²) in [5.74, 6) is -0.588. The van der Waals surface area contributed by atoms with Crippen molar-refractivity contribution in [2.75, 3.05) is 0 Å². The molecule has 0 aromatic carbocycles. The number of nitrogens with one attached hydrogen (secondary N) is 1. The second-order valence-corrected chi connectivity index (χ2v) is 5.28. The third kappa shape index (κ3) is 4.24. The number of carbonyl (C=O) groups is 2. The molecule has 100 valence electrons. The third-order valence-electron chi connectivity index (χ3n) is 2.60. The van der Waals surface area contributed by atoms with Gasteiger partial charge in [-0.05, 0) is 17.5 Å². The first-order valence-electron chi connectivity index (χ1n) is 5.85. The number of carboxylic acids is 1. The van der Waals surface area contributed by atoms with Gasteiger partial charge >= 0.3 is 5.97 Å². The van der Waals surface area contributed by atoms with Crippen molar-refractivity contribution < 1.29 is 19.1 Å². The van der Waals surface area contributed by atoms with E-state index in [1.807, 2.05) is 0 Å². The van der Waals surface area contributed by atoms with E-state index in [1.54, 1.807) is 39.2 Å². The number of rotatable bonds is 5. The van der Waals surface area contributed by atoms with E-state index in [9.17, 15) is 9.59 Å². The van der Waals surface area contributed by atoms with E-state index in [1.165, 1.54) is 0 Å². The topological polar surface area (TPSA) is 79.5 Å². The van der Waals surface area contributed by atoms with E-state index in [-0.39, 0.29) is 12.3 Å². The highest BCUT2D eigenvalue weighted by molar-refractivity contribution is 5.84. The van der Waals surface area contributed by atoms with Crippen LogP contribution in [0.25, 0.3) is 0 Å². The van der Waals surface area contributed by atoms with E-state index >= 15 is 0 Å². The zero-order valence-corrected chi connectivity index (χ0v) is 10.9. The van der Waals surface area contributed by atoms with Crippen LogP contribution in [0, 0.1) is 5.41 Å². The first kappa shape index (κ1) is 14.3. The molecule has 0 fully saturated rings. The Balaban J connectivity index is 2.49. The summed E-state index contributed by atoms with van der Waals surface area (Å²) in [5, 5.41) is 11.6. The molecule has 1 atom stereocenters. The molecule has 0 saturated heterocycles. The van der Waals surface area contributed by atoms with Gasteiger partial charge in [0, 0.05) is 12.8 Å². The van der Waals surface area contributed by atoms with Gasteiger partial charge in [-0.15, -0.1) is 0 Å². The molecule has 0 radical (unpaired) electrons. The summed E-state index contributed by atoms with van der Waals surface area (Å²) in [6, 6.07) is 2.65. The monoisotopic (exact) mass is 253 g/mol. The second kappa shape index (κ2) is 5.71. The van der Waals surface area contributed by atoms with Gasteiger partial charge in [0.15, 0.2) is 0 Å². The van der Waals surface area contributed by atoms with Crippen LogP contribution >= 0.6 is 0 Å². The van der Waals surface area contributed by atoms with Crippen molar-refractivity contribution in [3.8, 4) is 0 Å². The number of amides is 1. The lowest BCUT2D eigenvalue weighted by Crippen LogP contribution is -2.49. The predicted octanol–water partition coefficient (Wildman–Crippen LogP) is 1.83. The molecule has 0 aliphatic carbocycles. The molecule has 1 rings (SSSR count). The van der Waals surface area contributed by atoms with Crippen molar-refractivity contribution in [3.63, 3.8) is 0 Å². The minimum absolute atomic E-state index is 0.216. The lowest BCUT2D eigenvalue weighted by atomic mass is 9.86. The Morgan fingerprint density at radius 3 is 2.56 bits per heavy atom. The molecule has 1 aromatic rings. The molecule has 0 bridgehead atoms. The fraction of sp³-hybridized carbons (Fsp3) is 0.538. The van der Waals surface area contributed by atoms with Crippen LogP contribution in [-0.4, -0.2) is 23.0 Å². The molecule has 0 aliphatic heterocycles. The molecule has 2 N–H and O–H groups in total. The van der Waals surface area contributed by atoms with Crippen LogP contribution in [0.1, 0.15) is 33.0 Å². The van der Waals surface area contributed by atoms with E-state index in [0.29, 0.717) is 12.2 Å². The van der Waals surface area contributed by atoms with Gasteiger partial charge < -0.3 is 14.8 Å². The first-order chi connectivity index (χ1) is 8.30. The molecular formula is C13H19NO4. The lowest BCUT2D eigenvalue weighted by Gasteiger charge is -2.27. The summed E-state index contributed by atoms with van der Waals surface area (Å²) < 4.78 is 5.11. The van der Waals surface area contributed by atoms with Gasteiger partial charge in [-0.25, -0.2) is 4.79 Å². The Kier molecular flexibility index (Phi) is 4.53. The van der Waals surface area contributed by atoms with E-state index in [0.717, 1.165) is 0 Å². The van der Waals surface area contributed by atoms with E-state index in [4.69, 9.17) is 9.52 Å². The summed E-state index contributed by atoms with van der Waals surface area (Å²) in [4.78, 5) is 22.8. The first-order valence-corrected chi connectivity index (χ1v) is 5.85. The highest BCUT2D eigenvalue weighted by Gasteiger charge is 2.32. The molecule has 0 saturated carbocycles. The Bertz CT molecular complexity index is 403. The highest BCUT2D eigenvalue weighted by atomic mass is 16.4. The molecule has 5 nitrogen and oxygen atoms in total. The maximum absolute atomic E-state index is 11.7. The Labute approximate surface area is 106 Å². The van der Waals surface area contributed by atoms with Crippen LogP contribution in [0.5, 0.6) is 0 Å². The smallest absolute Gasteiger partial charge is 0.326 e. The van der Waals surface area contributed by atoms with Crippen LogP contribution in [0.15, 0.2) is 22.8 Å². The zero-order chi connectivity index (χ0) is 13.8. The fourth-order valence-corrected chi connectivity index (χ4v) is 1.57. The summed E-state index contributed by atoms with van der Waals surface area (Å²) in [7, 11) is 0. The molecule has 1 aromatic heterocycles. The molecule has 1 unspecified atom stereocenters. The van der Waals surface area contributed by atoms with Crippen LogP contribution in [0.3, 0.4) is 0 Å². The number of hydrogen-bond acceptors (Lipinski definition) is 3. The Morgan fingerprint density at radius 1 is 1.44 bits per heavy atom. The van der Waals surface area contributed by atoms with E-state index < -0.39 is 17.4 Å². The van der Waals surface area contributed by atoms with Crippen LogP contribution < -0.4 is 5.32 Å². The number of aliphatic carboxylic acids is 1. The molecule has 0 spiro atoms. The van der Waals surface area contributed by atoms with Crippen molar-refractivity contribution in [1.82, 2.24) is 5.32 Å². The van der Waals surface area contributed by atoms with Crippen LogP contribution in [-0.2, 0) is 16.0 Å². The molecule has 18 heavy (non-hydrogen) atoms.